The molecule has 1 aromatic heterocycles. The van der Waals surface area contributed by atoms with E-state index in [2.05, 4.69) is 4.99 Å². The number of nitro groups is 1. The number of cyclic esters (lactones) is 1. The molecule has 0 radical (unpaired) electrons. The van der Waals surface area contributed by atoms with E-state index in [0.29, 0.717) is 11.5 Å². The first-order valence-electron chi connectivity index (χ1n) is 7.18. The Kier molecular flexibility index (Phi) is 3.50. The van der Waals surface area contributed by atoms with Crippen molar-refractivity contribution in [2.24, 2.45) is 4.99 Å². The zero-order chi connectivity index (χ0) is 17.6. The average Bonchev–Trinajstić information content (AvgIpc) is 3.27. The highest BCUT2D eigenvalue weighted by Crippen LogP contribution is 2.39. The summed E-state index contributed by atoms with van der Waals surface area (Å²) in [7, 11) is 0. The zero-order valence-electron chi connectivity index (χ0n) is 12.8. The van der Waals surface area contributed by atoms with Crippen LogP contribution in [0.1, 0.15) is 15.3 Å². The van der Waals surface area contributed by atoms with Gasteiger partial charge in [-0.3, -0.25) is 10.1 Å². The van der Waals surface area contributed by atoms with E-state index in [1.165, 1.54) is 29.5 Å². The molecule has 2 aliphatic heterocycles. The van der Waals surface area contributed by atoms with Crippen molar-refractivity contribution in [1.82, 2.24) is 0 Å². The third-order valence-electron chi connectivity index (χ3n) is 3.58. The number of thiophene rings is 1. The van der Waals surface area contributed by atoms with Crippen LogP contribution in [0.5, 0.6) is 11.5 Å². The van der Waals surface area contributed by atoms with Crippen molar-refractivity contribution in [2.45, 2.75) is 6.92 Å². The molecule has 0 fully saturated rings. The van der Waals surface area contributed by atoms with E-state index in [4.69, 9.17) is 14.2 Å². The van der Waals surface area contributed by atoms with E-state index < -0.39 is 10.9 Å². The molecule has 3 heterocycles. The van der Waals surface area contributed by atoms with Gasteiger partial charge in [-0.25, -0.2) is 9.79 Å². The van der Waals surface area contributed by atoms with Crippen molar-refractivity contribution < 1.29 is 23.9 Å². The molecular formula is C16H10N2O6S. The highest BCUT2D eigenvalue weighted by Gasteiger charge is 2.28. The first-order chi connectivity index (χ1) is 12.0. The quantitative estimate of drug-likeness (QED) is 0.362. The molecule has 8 nitrogen and oxygen atoms in total. The fraction of sp³-hybridized carbons (Fsp3) is 0.125. The monoisotopic (exact) mass is 358 g/mol. The second-order valence-electron chi connectivity index (χ2n) is 5.27. The fourth-order valence-electron chi connectivity index (χ4n) is 2.43. The van der Waals surface area contributed by atoms with Crippen molar-refractivity contribution in [1.29, 1.82) is 0 Å². The summed E-state index contributed by atoms with van der Waals surface area (Å²) in [6, 6.07) is 6.41. The van der Waals surface area contributed by atoms with Crippen LogP contribution in [0, 0.1) is 17.0 Å². The molecule has 126 valence electrons. The number of fused-ring (bicyclic) bond motifs is 1. The number of esters is 1. The molecule has 0 saturated carbocycles. The van der Waals surface area contributed by atoms with Crippen molar-refractivity contribution in [3.63, 3.8) is 0 Å². The maximum Gasteiger partial charge on any atom is 0.363 e. The largest absolute Gasteiger partial charge is 0.454 e. The Morgan fingerprint density at radius 3 is 2.72 bits per heavy atom. The number of benzene rings is 1. The molecule has 0 aliphatic carbocycles. The number of hydrogen-bond acceptors (Lipinski definition) is 8. The second kappa shape index (κ2) is 5.71. The van der Waals surface area contributed by atoms with Crippen LogP contribution in [0.15, 0.2) is 35.0 Å². The molecule has 0 N–H and O–H groups in total. The number of nitro benzene ring substituents is 1. The van der Waals surface area contributed by atoms with Gasteiger partial charge in [-0.2, -0.15) is 0 Å². The number of carbonyl (C=O) groups excluding carboxylic acids is 1. The summed E-state index contributed by atoms with van der Waals surface area (Å²) in [4.78, 5) is 28.7. The number of carbonyl (C=O) groups is 1. The molecule has 0 bridgehead atoms. The lowest BCUT2D eigenvalue weighted by Crippen LogP contribution is -2.03. The van der Waals surface area contributed by atoms with Gasteiger partial charge in [-0.05, 0) is 31.2 Å². The maximum absolute atomic E-state index is 12.1. The van der Waals surface area contributed by atoms with Crippen LogP contribution >= 0.6 is 11.3 Å². The van der Waals surface area contributed by atoms with Gasteiger partial charge in [0, 0.05) is 4.88 Å². The van der Waals surface area contributed by atoms with E-state index in [9.17, 15) is 14.9 Å². The Labute approximate surface area is 145 Å². The van der Waals surface area contributed by atoms with Gasteiger partial charge in [0.15, 0.2) is 17.2 Å². The summed E-state index contributed by atoms with van der Waals surface area (Å²) in [5.74, 6) is 0.203. The van der Waals surface area contributed by atoms with Crippen LogP contribution in [0.3, 0.4) is 0 Å². The molecule has 2 aromatic rings. The SMILES string of the molecule is Cc1ccc(C2=N/C(=C/c3cc4c(cc3[N+](=O)[O-])OCO4)C(=O)O2)s1. The summed E-state index contributed by atoms with van der Waals surface area (Å²) in [6.45, 7) is 1.92. The maximum atomic E-state index is 12.1. The number of hydrogen-bond donors (Lipinski definition) is 0. The topological polar surface area (TPSA) is 100 Å². The van der Waals surface area contributed by atoms with Gasteiger partial charge in [0.2, 0.25) is 12.7 Å². The van der Waals surface area contributed by atoms with E-state index >= 15 is 0 Å². The molecular weight excluding hydrogens is 348 g/mol. The van der Waals surface area contributed by atoms with Gasteiger partial charge in [0.25, 0.3) is 5.69 Å². The number of aryl methyl sites for hydroxylation is 1. The predicted octanol–water partition coefficient (Wildman–Crippen LogP) is 3.04. The summed E-state index contributed by atoms with van der Waals surface area (Å²) < 4.78 is 15.5. The summed E-state index contributed by atoms with van der Waals surface area (Å²) in [6.07, 6.45) is 1.32. The van der Waals surface area contributed by atoms with Crippen molar-refractivity contribution >= 4 is 35.0 Å². The molecule has 0 saturated heterocycles. The van der Waals surface area contributed by atoms with E-state index in [-0.39, 0.29) is 29.6 Å². The van der Waals surface area contributed by atoms with Crippen LogP contribution in [-0.4, -0.2) is 23.6 Å². The Morgan fingerprint density at radius 2 is 2.04 bits per heavy atom. The molecule has 4 rings (SSSR count). The van der Waals surface area contributed by atoms with Gasteiger partial charge < -0.3 is 14.2 Å². The lowest BCUT2D eigenvalue weighted by atomic mass is 10.1. The Bertz CT molecular complexity index is 975. The number of ether oxygens (including phenoxy) is 3. The molecule has 0 unspecified atom stereocenters. The first kappa shape index (κ1) is 15.3. The summed E-state index contributed by atoms with van der Waals surface area (Å²) in [5, 5.41) is 11.3. The number of aliphatic imine (C=N–C) groups is 1. The first-order valence-corrected chi connectivity index (χ1v) is 8.00. The molecule has 25 heavy (non-hydrogen) atoms. The van der Waals surface area contributed by atoms with Gasteiger partial charge >= 0.3 is 5.97 Å². The minimum Gasteiger partial charge on any atom is -0.454 e. The average molecular weight is 358 g/mol. The molecule has 0 spiro atoms. The van der Waals surface area contributed by atoms with Gasteiger partial charge in [0.05, 0.1) is 21.4 Å². The lowest BCUT2D eigenvalue weighted by Gasteiger charge is -2.01. The predicted molar refractivity (Wildman–Crippen MR) is 88.9 cm³/mol. The lowest BCUT2D eigenvalue weighted by molar-refractivity contribution is -0.385. The van der Waals surface area contributed by atoms with Gasteiger partial charge in [-0.15, -0.1) is 11.3 Å². The van der Waals surface area contributed by atoms with Crippen LogP contribution in [0.4, 0.5) is 5.69 Å². The van der Waals surface area contributed by atoms with Crippen LogP contribution in [0.25, 0.3) is 6.08 Å². The summed E-state index contributed by atoms with van der Waals surface area (Å²) >= 11 is 1.44. The molecule has 0 atom stereocenters. The molecule has 2 aliphatic rings. The van der Waals surface area contributed by atoms with Crippen molar-refractivity contribution in [3.05, 3.63) is 55.4 Å². The Morgan fingerprint density at radius 1 is 1.28 bits per heavy atom. The van der Waals surface area contributed by atoms with Crippen LogP contribution < -0.4 is 9.47 Å². The molecule has 0 amide bonds. The van der Waals surface area contributed by atoms with Crippen molar-refractivity contribution in [3.8, 4) is 11.5 Å². The second-order valence-corrected chi connectivity index (χ2v) is 6.56. The third-order valence-corrected chi connectivity index (χ3v) is 4.57. The number of nitrogens with zero attached hydrogens (tertiary/aromatic N) is 2. The van der Waals surface area contributed by atoms with E-state index in [0.717, 1.165) is 9.75 Å². The minimum absolute atomic E-state index is 0.00537. The highest BCUT2D eigenvalue weighted by atomic mass is 32.1. The molecule has 9 heteroatoms. The third kappa shape index (κ3) is 2.74. The summed E-state index contributed by atoms with van der Waals surface area (Å²) in [5.41, 5.74) is -0.0308. The van der Waals surface area contributed by atoms with E-state index in [1.807, 2.05) is 13.0 Å². The minimum atomic E-state index is -0.659. The Hall–Kier alpha value is -3.20. The van der Waals surface area contributed by atoms with Crippen molar-refractivity contribution in [2.75, 3.05) is 6.79 Å². The standard InChI is InChI=1S/C16H10N2O6S/c1-8-2-3-14(25-8)15-17-10(16(19)24-15)4-9-5-12-13(23-7-22-12)6-11(9)18(20)21/h2-6H,7H2,1H3/b10-4+. The van der Waals surface area contributed by atoms with Crippen LogP contribution in [0.2, 0.25) is 0 Å². The fourth-order valence-corrected chi connectivity index (χ4v) is 3.23. The van der Waals surface area contributed by atoms with Gasteiger partial charge in [0.1, 0.15) is 0 Å². The van der Waals surface area contributed by atoms with E-state index in [1.54, 1.807) is 6.07 Å². The van der Waals surface area contributed by atoms with Crippen LogP contribution in [-0.2, 0) is 9.53 Å². The zero-order valence-corrected chi connectivity index (χ0v) is 13.7. The smallest absolute Gasteiger partial charge is 0.363 e. The normalized spacial score (nSPS) is 16.9. The number of rotatable bonds is 3. The molecule has 1 aromatic carbocycles. The van der Waals surface area contributed by atoms with Gasteiger partial charge in [-0.1, -0.05) is 0 Å². The highest BCUT2D eigenvalue weighted by molar-refractivity contribution is 7.14. The Balaban J connectivity index is 1.76.